The molecular weight excluding hydrogens is 308 g/mol. The van der Waals surface area contributed by atoms with Gasteiger partial charge in [-0.2, -0.15) is 4.98 Å². The van der Waals surface area contributed by atoms with E-state index in [-0.39, 0.29) is 5.91 Å². The Labute approximate surface area is 141 Å². The number of nitrogens with zero attached hydrogens (tertiary/aromatic N) is 4. The molecule has 7 nitrogen and oxygen atoms in total. The van der Waals surface area contributed by atoms with Gasteiger partial charge in [0, 0.05) is 52.3 Å². The third-order valence-corrected chi connectivity index (χ3v) is 4.14. The van der Waals surface area contributed by atoms with Crippen molar-refractivity contribution in [3.8, 4) is 11.4 Å². The minimum atomic E-state index is 0.153. The molecule has 128 valence electrons. The van der Waals surface area contributed by atoms with E-state index < -0.39 is 0 Å². The number of methoxy groups -OCH3 is 1. The van der Waals surface area contributed by atoms with Crippen molar-refractivity contribution in [1.29, 1.82) is 0 Å². The minimum Gasteiger partial charge on any atom is -0.375 e. The first-order valence-corrected chi connectivity index (χ1v) is 8.04. The van der Waals surface area contributed by atoms with Crippen LogP contribution in [-0.4, -0.2) is 59.1 Å². The Kier molecular flexibility index (Phi) is 5.22. The largest absolute Gasteiger partial charge is 0.375 e. The summed E-state index contributed by atoms with van der Waals surface area (Å²) in [5, 5.41) is 4.00. The molecule has 1 aromatic carbocycles. The number of benzene rings is 1. The SMILES string of the molecule is COCc1nc(-c2cccc(CN3CCN(C(C)=O)CC3)c2)no1. The second-order valence-electron chi connectivity index (χ2n) is 5.93. The Hall–Kier alpha value is -2.25. The number of ether oxygens (including phenoxy) is 1. The van der Waals surface area contributed by atoms with Gasteiger partial charge in [-0.25, -0.2) is 0 Å². The molecule has 0 spiro atoms. The number of hydrogen-bond donors (Lipinski definition) is 0. The fourth-order valence-corrected chi connectivity index (χ4v) is 2.84. The van der Waals surface area contributed by atoms with Crippen molar-refractivity contribution < 1.29 is 14.1 Å². The first-order chi connectivity index (χ1) is 11.7. The fourth-order valence-electron chi connectivity index (χ4n) is 2.84. The molecule has 3 rings (SSSR count). The maximum atomic E-state index is 11.4. The Balaban J connectivity index is 1.64. The zero-order chi connectivity index (χ0) is 16.9. The van der Waals surface area contributed by atoms with E-state index in [1.165, 1.54) is 5.56 Å². The quantitative estimate of drug-likeness (QED) is 0.828. The third kappa shape index (κ3) is 3.98. The number of hydrogen-bond acceptors (Lipinski definition) is 6. The van der Waals surface area contributed by atoms with Crippen molar-refractivity contribution in [2.75, 3.05) is 33.3 Å². The highest BCUT2D eigenvalue weighted by Crippen LogP contribution is 2.19. The van der Waals surface area contributed by atoms with Crippen LogP contribution in [-0.2, 0) is 22.7 Å². The molecule has 1 amide bonds. The number of amides is 1. The maximum absolute atomic E-state index is 11.4. The molecule has 2 aromatic rings. The highest BCUT2D eigenvalue weighted by atomic mass is 16.5. The Morgan fingerprint density at radius 3 is 2.79 bits per heavy atom. The molecule has 24 heavy (non-hydrogen) atoms. The summed E-state index contributed by atoms with van der Waals surface area (Å²) in [6, 6.07) is 8.15. The zero-order valence-electron chi connectivity index (χ0n) is 14.1. The van der Waals surface area contributed by atoms with Gasteiger partial charge in [-0.15, -0.1) is 0 Å². The van der Waals surface area contributed by atoms with E-state index in [2.05, 4.69) is 27.2 Å². The van der Waals surface area contributed by atoms with Crippen molar-refractivity contribution >= 4 is 5.91 Å². The van der Waals surface area contributed by atoms with Gasteiger partial charge in [0.15, 0.2) is 0 Å². The van der Waals surface area contributed by atoms with Crippen LogP contribution in [0.25, 0.3) is 11.4 Å². The van der Waals surface area contributed by atoms with Gasteiger partial charge in [-0.05, 0) is 11.6 Å². The molecule has 0 radical (unpaired) electrons. The maximum Gasteiger partial charge on any atom is 0.252 e. The van der Waals surface area contributed by atoms with E-state index in [9.17, 15) is 4.79 Å². The molecule has 0 N–H and O–H groups in total. The van der Waals surface area contributed by atoms with E-state index in [0.29, 0.717) is 18.3 Å². The van der Waals surface area contributed by atoms with Crippen molar-refractivity contribution in [1.82, 2.24) is 19.9 Å². The fraction of sp³-hybridized carbons (Fsp3) is 0.471. The van der Waals surface area contributed by atoms with Crippen LogP contribution in [0.4, 0.5) is 0 Å². The molecule has 0 bridgehead atoms. The van der Waals surface area contributed by atoms with Crippen molar-refractivity contribution in [3.63, 3.8) is 0 Å². The van der Waals surface area contributed by atoms with Crippen LogP contribution in [0.5, 0.6) is 0 Å². The predicted octanol–water partition coefficient (Wildman–Crippen LogP) is 1.55. The lowest BCUT2D eigenvalue weighted by atomic mass is 10.1. The summed E-state index contributed by atoms with van der Waals surface area (Å²) in [7, 11) is 1.59. The first-order valence-electron chi connectivity index (χ1n) is 8.04. The summed E-state index contributed by atoms with van der Waals surface area (Å²) in [6.07, 6.45) is 0. The predicted molar refractivity (Wildman–Crippen MR) is 88.0 cm³/mol. The third-order valence-electron chi connectivity index (χ3n) is 4.14. The molecule has 1 fully saturated rings. The Morgan fingerprint density at radius 2 is 2.08 bits per heavy atom. The van der Waals surface area contributed by atoms with Gasteiger partial charge in [0.1, 0.15) is 6.61 Å². The van der Waals surface area contributed by atoms with E-state index in [1.807, 2.05) is 17.0 Å². The van der Waals surface area contributed by atoms with Gasteiger partial charge < -0.3 is 14.2 Å². The first kappa shape index (κ1) is 16.6. The second-order valence-corrected chi connectivity index (χ2v) is 5.93. The van der Waals surface area contributed by atoms with Gasteiger partial charge in [0.05, 0.1) is 0 Å². The summed E-state index contributed by atoms with van der Waals surface area (Å²) >= 11 is 0. The van der Waals surface area contributed by atoms with Crippen molar-refractivity contribution in [2.45, 2.75) is 20.1 Å². The molecular formula is C17H22N4O3. The van der Waals surface area contributed by atoms with Gasteiger partial charge in [0.25, 0.3) is 5.89 Å². The molecule has 0 unspecified atom stereocenters. The summed E-state index contributed by atoms with van der Waals surface area (Å²) < 4.78 is 10.1. The average molecular weight is 330 g/mol. The topological polar surface area (TPSA) is 71.7 Å². The molecule has 0 aliphatic carbocycles. The standard InChI is InChI=1S/C17H22N4O3/c1-13(22)21-8-6-20(7-9-21)11-14-4-3-5-15(10-14)17-18-16(12-23-2)24-19-17/h3-5,10H,6-9,11-12H2,1-2H3. The summed E-state index contributed by atoms with van der Waals surface area (Å²) in [4.78, 5) is 20.0. The summed E-state index contributed by atoms with van der Waals surface area (Å²) in [6.45, 7) is 6.16. The summed E-state index contributed by atoms with van der Waals surface area (Å²) in [5.41, 5.74) is 2.13. The smallest absolute Gasteiger partial charge is 0.252 e. The van der Waals surface area contributed by atoms with Crippen LogP contribution >= 0.6 is 0 Å². The van der Waals surface area contributed by atoms with Crippen molar-refractivity contribution in [2.24, 2.45) is 0 Å². The van der Waals surface area contributed by atoms with E-state index >= 15 is 0 Å². The zero-order valence-corrected chi connectivity index (χ0v) is 14.1. The van der Waals surface area contributed by atoms with Crippen LogP contribution in [0.2, 0.25) is 0 Å². The van der Waals surface area contributed by atoms with Gasteiger partial charge >= 0.3 is 0 Å². The molecule has 1 saturated heterocycles. The number of piperazine rings is 1. The average Bonchev–Trinajstić information content (AvgIpc) is 3.05. The van der Waals surface area contributed by atoms with E-state index in [1.54, 1.807) is 14.0 Å². The van der Waals surface area contributed by atoms with Crippen molar-refractivity contribution in [3.05, 3.63) is 35.7 Å². The molecule has 1 aliphatic rings. The van der Waals surface area contributed by atoms with Crippen LogP contribution < -0.4 is 0 Å². The highest BCUT2D eigenvalue weighted by molar-refractivity contribution is 5.73. The molecule has 1 aromatic heterocycles. The lowest BCUT2D eigenvalue weighted by Gasteiger charge is -2.34. The number of carbonyl (C=O) groups is 1. The molecule has 7 heteroatoms. The lowest BCUT2D eigenvalue weighted by Crippen LogP contribution is -2.47. The Morgan fingerprint density at radius 1 is 1.29 bits per heavy atom. The van der Waals surface area contributed by atoms with E-state index in [0.717, 1.165) is 38.3 Å². The molecule has 1 aliphatic heterocycles. The van der Waals surface area contributed by atoms with Gasteiger partial charge in [-0.3, -0.25) is 9.69 Å². The molecule has 0 atom stereocenters. The Bertz CT molecular complexity index is 693. The lowest BCUT2D eigenvalue weighted by molar-refractivity contribution is -0.130. The minimum absolute atomic E-state index is 0.153. The monoisotopic (exact) mass is 330 g/mol. The molecule has 2 heterocycles. The van der Waals surface area contributed by atoms with Gasteiger partial charge in [-0.1, -0.05) is 23.4 Å². The normalized spacial score (nSPS) is 15.7. The highest BCUT2D eigenvalue weighted by Gasteiger charge is 2.18. The summed E-state index contributed by atoms with van der Waals surface area (Å²) in [5.74, 6) is 1.20. The van der Waals surface area contributed by atoms with Crippen LogP contribution in [0.15, 0.2) is 28.8 Å². The van der Waals surface area contributed by atoms with Crippen LogP contribution in [0, 0.1) is 0 Å². The number of carbonyl (C=O) groups excluding carboxylic acids is 1. The van der Waals surface area contributed by atoms with Gasteiger partial charge in [0.2, 0.25) is 11.7 Å². The van der Waals surface area contributed by atoms with Crippen LogP contribution in [0.1, 0.15) is 18.4 Å². The number of rotatable bonds is 5. The number of aromatic nitrogens is 2. The second kappa shape index (κ2) is 7.55. The molecule has 0 saturated carbocycles. The van der Waals surface area contributed by atoms with Crippen LogP contribution in [0.3, 0.4) is 0 Å². The van der Waals surface area contributed by atoms with E-state index in [4.69, 9.17) is 9.26 Å².